The fourth-order valence-electron chi connectivity index (χ4n) is 4.44. The first-order valence-electron chi connectivity index (χ1n) is 15.1. The van der Waals surface area contributed by atoms with E-state index in [0.717, 1.165) is 27.5 Å². The van der Waals surface area contributed by atoms with Crippen LogP contribution in [0.3, 0.4) is 0 Å². The number of benzene rings is 3. The lowest BCUT2D eigenvalue weighted by Crippen LogP contribution is -2.29. The summed E-state index contributed by atoms with van der Waals surface area (Å²) in [5.74, 6) is -1.48. The smallest absolute Gasteiger partial charge is 0.335 e. The fraction of sp³-hybridized carbons (Fsp3) is 0.176. The van der Waals surface area contributed by atoms with Gasteiger partial charge in [0.05, 0.1) is 33.1 Å². The number of halogens is 1. The lowest BCUT2D eigenvalue weighted by Gasteiger charge is -2.09. The van der Waals surface area contributed by atoms with Crippen LogP contribution < -0.4 is 15.8 Å². The molecule has 3 aromatic carbocycles. The lowest BCUT2D eigenvalue weighted by molar-refractivity contribution is 0.0696. The second-order valence-electron chi connectivity index (χ2n) is 10.6. The average Bonchev–Trinajstić information content (AvgIpc) is 3.83. The van der Waals surface area contributed by atoms with Crippen LogP contribution in [-0.4, -0.2) is 61.6 Å². The molecule has 0 atom stereocenters. The van der Waals surface area contributed by atoms with E-state index in [-0.39, 0.29) is 65.5 Å². The number of sulfone groups is 3. The Hall–Kier alpha value is -4.10. The van der Waals surface area contributed by atoms with Crippen LogP contribution in [0.4, 0.5) is 0 Å². The van der Waals surface area contributed by atoms with E-state index < -0.39 is 41.4 Å². The highest BCUT2D eigenvalue weighted by Crippen LogP contribution is 2.29. The molecule has 0 bridgehead atoms. The molecular weight excluding hydrogens is 792 g/mol. The van der Waals surface area contributed by atoms with E-state index in [1.807, 2.05) is 6.92 Å². The number of amides is 1. The van der Waals surface area contributed by atoms with Crippen LogP contribution in [0.15, 0.2) is 120 Å². The molecule has 5 aromatic rings. The maximum atomic E-state index is 12.8. The summed E-state index contributed by atoms with van der Waals surface area (Å²) in [4.78, 5) is 25.2. The highest BCUT2D eigenvalue weighted by atomic mass is 35.5. The Kier molecular flexibility index (Phi) is 14.7. The average molecular weight is 827 g/mol. The van der Waals surface area contributed by atoms with Gasteiger partial charge in [-0.05, 0) is 91.3 Å². The van der Waals surface area contributed by atoms with Gasteiger partial charge in [0.1, 0.15) is 14.2 Å². The van der Waals surface area contributed by atoms with Crippen molar-refractivity contribution in [2.24, 2.45) is 5.73 Å². The number of rotatable bonds is 13. The fourth-order valence-corrected chi connectivity index (χ4v) is 11.0. The summed E-state index contributed by atoms with van der Waals surface area (Å²) in [6, 6.07) is 23.4. The van der Waals surface area contributed by atoms with Crippen LogP contribution in [0.5, 0.6) is 5.75 Å². The molecule has 0 saturated heterocycles. The number of carbonyl (C=O) groups excluding carboxylic acids is 1. The van der Waals surface area contributed by atoms with Gasteiger partial charge in [0, 0.05) is 28.4 Å². The van der Waals surface area contributed by atoms with Gasteiger partial charge in [-0.15, -0.1) is 35.1 Å². The van der Waals surface area contributed by atoms with Gasteiger partial charge in [0.15, 0.2) is 9.84 Å². The predicted molar refractivity (Wildman–Crippen MR) is 201 cm³/mol. The molecule has 18 heteroatoms. The number of thiophene rings is 2. The van der Waals surface area contributed by atoms with Crippen molar-refractivity contribution >= 4 is 76.5 Å². The molecule has 0 fully saturated rings. The number of ether oxygens (including phenoxy) is 1. The number of hydrogen-bond donors (Lipinski definition) is 3. The molecule has 2 heterocycles. The Morgan fingerprint density at radius 1 is 0.731 bits per heavy atom. The maximum Gasteiger partial charge on any atom is 0.335 e. The number of carboxylic acid groups (broad SMARTS) is 1. The van der Waals surface area contributed by atoms with E-state index in [1.54, 1.807) is 30.3 Å². The van der Waals surface area contributed by atoms with Crippen LogP contribution in [0, 0.1) is 0 Å². The Labute approximate surface area is 316 Å². The van der Waals surface area contributed by atoms with Crippen molar-refractivity contribution in [1.82, 2.24) is 5.32 Å². The van der Waals surface area contributed by atoms with E-state index in [2.05, 4.69) is 5.32 Å². The normalized spacial score (nSPS) is 11.4. The van der Waals surface area contributed by atoms with Gasteiger partial charge in [-0.25, -0.2) is 30.0 Å². The first-order valence-corrected chi connectivity index (χ1v) is 21.3. The number of aryl methyl sites for hydroxylation is 1. The number of aromatic carboxylic acids is 1. The van der Waals surface area contributed by atoms with Crippen LogP contribution in [0.2, 0.25) is 0 Å². The minimum atomic E-state index is -3.79. The van der Waals surface area contributed by atoms with Gasteiger partial charge >= 0.3 is 5.97 Å². The van der Waals surface area contributed by atoms with Crippen LogP contribution >= 0.6 is 35.1 Å². The van der Waals surface area contributed by atoms with Crippen LogP contribution in [0.25, 0.3) is 0 Å². The molecule has 0 saturated carbocycles. The minimum absolute atomic E-state index is 0. The van der Waals surface area contributed by atoms with Crippen molar-refractivity contribution in [1.29, 1.82) is 0 Å². The molecule has 0 radical (unpaired) electrons. The maximum absolute atomic E-state index is 12.8. The van der Waals surface area contributed by atoms with Gasteiger partial charge in [-0.1, -0.05) is 19.1 Å². The highest BCUT2D eigenvalue weighted by Gasteiger charge is 2.23. The number of hydrogen-bond acceptors (Lipinski definition) is 12. The molecule has 0 aliphatic rings. The van der Waals surface area contributed by atoms with Gasteiger partial charge in [-0.3, -0.25) is 4.79 Å². The first-order chi connectivity index (χ1) is 24.1. The van der Waals surface area contributed by atoms with Crippen molar-refractivity contribution < 1.29 is 44.7 Å². The summed E-state index contributed by atoms with van der Waals surface area (Å²) >= 11 is 2.29. The van der Waals surface area contributed by atoms with Crippen molar-refractivity contribution in [2.75, 3.05) is 19.4 Å². The molecule has 1 amide bonds. The first kappa shape index (κ1) is 42.3. The topological polar surface area (TPSA) is 204 Å². The van der Waals surface area contributed by atoms with Crippen LogP contribution in [-0.2, 0) is 42.5 Å². The van der Waals surface area contributed by atoms with E-state index in [0.29, 0.717) is 5.75 Å². The molecule has 52 heavy (non-hydrogen) atoms. The summed E-state index contributed by atoms with van der Waals surface area (Å²) in [6.07, 6.45) is 0.773. The SMILES string of the molecule is CCc1ccc(S(=O)(=O)c2cccc(C(=O)O)c2)s1.COc1ccc(S(=O)(=O)CCNC(=O)c2cccc(S(=O)(=O)c3ccc(CN)s3)c2)cc1.Cl. The number of nitrogens with one attached hydrogen (secondary N) is 1. The second kappa shape index (κ2) is 18.1. The second-order valence-corrected chi connectivity index (χ2v) is 19.4. The molecular formula is C34H35ClN2O10S5. The number of carboxylic acids is 1. The monoisotopic (exact) mass is 826 g/mol. The van der Waals surface area contributed by atoms with E-state index in [4.69, 9.17) is 15.6 Å². The lowest BCUT2D eigenvalue weighted by atomic mass is 10.2. The zero-order chi connectivity index (χ0) is 37.4. The number of methoxy groups -OCH3 is 1. The summed E-state index contributed by atoms with van der Waals surface area (Å²) in [6.45, 7) is 2.06. The van der Waals surface area contributed by atoms with Gasteiger partial charge in [0.2, 0.25) is 19.7 Å². The van der Waals surface area contributed by atoms with Crippen molar-refractivity contribution in [3.8, 4) is 5.75 Å². The Morgan fingerprint density at radius 2 is 1.25 bits per heavy atom. The quantitative estimate of drug-likeness (QED) is 0.135. The molecule has 278 valence electrons. The van der Waals surface area contributed by atoms with Crippen molar-refractivity contribution in [3.63, 3.8) is 0 Å². The standard InChI is InChI=1S/C21H22N2O6S3.C13H12O4S2.ClH/c1-29-16-5-8-18(9-6-16)31(25,26)12-11-23-21(24)15-3-2-4-19(13-15)32(27,28)20-10-7-17(14-22)30-20;1-2-10-6-7-12(18-10)19(16,17)11-5-3-4-9(8-11)13(14)15;/h2-10,13H,11-12,14,22H2,1H3,(H,23,24);3-8H,2H2,1H3,(H,14,15);1H. The Morgan fingerprint density at radius 3 is 1.73 bits per heavy atom. The third-order valence-electron chi connectivity index (χ3n) is 7.23. The van der Waals surface area contributed by atoms with Gasteiger partial charge in [-0.2, -0.15) is 0 Å². The molecule has 4 N–H and O–H groups in total. The summed E-state index contributed by atoms with van der Waals surface area (Å²) in [5.41, 5.74) is 5.63. The van der Waals surface area contributed by atoms with E-state index in [1.165, 1.54) is 85.2 Å². The summed E-state index contributed by atoms with van der Waals surface area (Å²) < 4.78 is 80.7. The highest BCUT2D eigenvalue weighted by molar-refractivity contribution is 7.94. The largest absolute Gasteiger partial charge is 0.497 e. The Bertz CT molecular complexity index is 2350. The summed E-state index contributed by atoms with van der Waals surface area (Å²) in [5, 5.41) is 11.4. The third-order valence-corrected chi connectivity index (χ3v) is 15.8. The van der Waals surface area contributed by atoms with Gasteiger partial charge < -0.3 is 20.9 Å². The molecule has 0 aliphatic carbocycles. The third kappa shape index (κ3) is 10.3. The van der Waals surface area contributed by atoms with Crippen molar-refractivity contribution in [2.45, 2.75) is 43.0 Å². The molecule has 12 nitrogen and oxygen atoms in total. The zero-order valence-corrected chi connectivity index (χ0v) is 32.6. The minimum Gasteiger partial charge on any atom is -0.497 e. The van der Waals surface area contributed by atoms with Crippen molar-refractivity contribution in [3.05, 3.63) is 118 Å². The molecule has 0 unspecified atom stereocenters. The van der Waals surface area contributed by atoms with Gasteiger partial charge in [0.25, 0.3) is 5.91 Å². The zero-order valence-electron chi connectivity index (χ0n) is 27.7. The summed E-state index contributed by atoms with van der Waals surface area (Å²) in [7, 11) is -9.54. The predicted octanol–water partition coefficient (Wildman–Crippen LogP) is 5.52. The number of nitrogens with two attached hydrogens (primary N) is 1. The van der Waals surface area contributed by atoms with E-state index >= 15 is 0 Å². The number of carbonyl (C=O) groups is 2. The van der Waals surface area contributed by atoms with E-state index in [9.17, 15) is 34.8 Å². The van der Waals surface area contributed by atoms with Crippen LogP contribution in [0.1, 0.15) is 37.4 Å². The molecule has 5 rings (SSSR count). The molecule has 2 aromatic heterocycles. The Balaban J connectivity index is 0.000000311. The molecule has 0 aliphatic heterocycles. The molecule has 0 spiro atoms.